The highest BCUT2D eigenvalue weighted by atomic mass is 35.5. The van der Waals surface area contributed by atoms with Gasteiger partial charge in [0.25, 0.3) is 0 Å². The second kappa shape index (κ2) is 9.55. The molecule has 1 saturated heterocycles. The second-order valence-corrected chi connectivity index (χ2v) is 8.73. The molecule has 2 aromatic rings. The maximum Gasteiger partial charge on any atom is 0.341 e. The normalized spacial score (nSPS) is 16.6. The van der Waals surface area contributed by atoms with Gasteiger partial charge in [0.1, 0.15) is 11.1 Å². The van der Waals surface area contributed by atoms with Crippen LogP contribution in [0.1, 0.15) is 29.6 Å². The summed E-state index contributed by atoms with van der Waals surface area (Å²) in [4.78, 5) is 37.9. The summed E-state index contributed by atoms with van der Waals surface area (Å²) in [5.41, 5.74) is 11.5. The molecule has 3 rings (SSSR count). The van der Waals surface area contributed by atoms with E-state index in [2.05, 4.69) is 5.32 Å². The van der Waals surface area contributed by atoms with Crippen LogP contribution in [-0.2, 0) is 4.74 Å². The number of likely N-dealkylation sites (tertiary alicyclic amines) is 1. The van der Waals surface area contributed by atoms with Crippen LogP contribution in [0.3, 0.4) is 0 Å². The molecule has 8 nitrogen and oxygen atoms in total. The number of nitrogens with zero attached hydrogens (tertiary/aromatic N) is 1. The minimum atomic E-state index is -0.809. The first-order chi connectivity index (χ1) is 14.2. The van der Waals surface area contributed by atoms with Gasteiger partial charge in [0.15, 0.2) is 0 Å². The summed E-state index contributed by atoms with van der Waals surface area (Å²) in [5, 5.41) is 3.57. The molecule has 5 N–H and O–H groups in total. The van der Waals surface area contributed by atoms with Crippen LogP contribution in [0.4, 0.5) is 14.6 Å². The van der Waals surface area contributed by atoms with Crippen LogP contribution in [0.5, 0.6) is 0 Å². The van der Waals surface area contributed by atoms with Gasteiger partial charge in [-0.1, -0.05) is 23.2 Å². The summed E-state index contributed by atoms with van der Waals surface area (Å²) in [5.74, 6) is -0.634. The van der Waals surface area contributed by atoms with E-state index in [1.165, 1.54) is 4.90 Å². The largest absolute Gasteiger partial charge is 0.457 e. The first-order valence-corrected chi connectivity index (χ1v) is 10.7. The van der Waals surface area contributed by atoms with Crippen molar-refractivity contribution in [1.82, 2.24) is 4.90 Å². The number of hydrogen-bond donors (Lipinski definition) is 3. The standard InChI is InChI=1S/C19H20Cl2N4O4S/c20-11-5-10(6-12(21)7-11)15-8-14(16(30-15)24-18(22)27)17(26)29-13-3-1-2-4-25(9-13)19(23)28/h5-8,13H,1-4,9H2,(H2,23,28)(H3,22,24,27). The summed E-state index contributed by atoms with van der Waals surface area (Å²) in [6, 6.07) is 5.20. The molecule has 1 aromatic heterocycles. The smallest absolute Gasteiger partial charge is 0.341 e. The average molecular weight is 471 g/mol. The van der Waals surface area contributed by atoms with Crippen molar-refractivity contribution in [2.24, 2.45) is 11.5 Å². The molecule has 2 heterocycles. The van der Waals surface area contributed by atoms with Gasteiger partial charge in [-0.3, -0.25) is 5.32 Å². The molecule has 160 valence electrons. The predicted octanol–water partition coefficient (Wildman–Crippen LogP) is 4.30. The van der Waals surface area contributed by atoms with E-state index in [1.807, 2.05) is 0 Å². The number of amides is 4. The van der Waals surface area contributed by atoms with E-state index >= 15 is 0 Å². The number of anilines is 1. The first kappa shape index (κ1) is 22.2. The van der Waals surface area contributed by atoms with Gasteiger partial charge < -0.3 is 21.1 Å². The van der Waals surface area contributed by atoms with Gasteiger partial charge in [-0.25, -0.2) is 14.4 Å². The van der Waals surface area contributed by atoms with Gasteiger partial charge in [-0.15, -0.1) is 11.3 Å². The third kappa shape index (κ3) is 5.56. The summed E-state index contributed by atoms with van der Waals surface area (Å²) < 4.78 is 5.63. The number of nitrogens with two attached hydrogens (primary N) is 2. The zero-order valence-corrected chi connectivity index (χ0v) is 18.1. The Balaban J connectivity index is 1.87. The number of halogens is 2. The number of rotatable bonds is 4. The molecule has 0 bridgehead atoms. The molecule has 30 heavy (non-hydrogen) atoms. The first-order valence-electron chi connectivity index (χ1n) is 9.15. The van der Waals surface area contributed by atoms with Crippen molar-refractivity contribution >= 4 is 57.6 Å². The molecule has 1 aliphatic rings. The van der Waals surface area contributed by atoms with E-state index in [0.717, 1.165) is 24.2 Å². The fourth-order valence-electron chi connectivity index (χ4n) is 3.20. The quantitative estimate of drug-likeness (QED) is 0.575. The van der Waals surface area contributed by atoms with Crippen molar-refractivity contribution in [2.75, 3.05) is 18.4 Å². The van der Waals surface area contributed by atoms with Gasteiger partial charge >= 0.3 is 18.0 Å². The third-order valence-electron chi connectivity index (χ3n) is 4.55. The summed E-state index contributed by atoms with van der Waals surface area (Å²) in [6.07, 6.45) is 1.68. The Morgan fingerprint density at radius 2 is 1.80 bits per heavy atom. The monoisotopic (exact) mass is 470 g/mol. The number of carbonyl (C=O) groups excluding carboxylic acids is 3. The molecule has 0 aliphatic carbocycles. The van der Waals surface area contributed by atoms with Crippen LogP contribution >= 0.6 is 34.5 Å². The lowest BCUT2D eigenvalue weighted by atomic mass is 10.1. The third-order valence-corrected chi connectivity index (χ3v) is 6.09. The van der Waals surface area contributed by atoms with Gasteiger partial charge in [0.05, 0.1) is 12.1 Å². The fourth-order valence-corrected chi connectivity index (χ4v) is 4.76. The van der Waals surface area contributed by atoms with E-state index < -0.39 is 24.1 Å². The number of benzene rings is 1. The Morgan fingerprint density at radius 3 is 2.43 bits per heavy atom. The molecule has 11 heteroatoms. The number of nitrogens with one attached hydrogen (secondary N) is 1. The van der Waals surface area contributed by atoms with E-state index in [1.54, 1.807) is 24.3 Å². The number of esters is 1. The Morgan fingerprint density at radius 1 is 1.10 bits per heavy atom. The highest BCUT2D eigenvalue weighted by Gasteiger charge is 2.26. The van der Waals surface area contributed by atoms with Crippen LogP contribution in [0, 0.1) is 0 Å². The number of carbonyl (C=O) groups is 3. The summed E-state index contributed by atoms with van der Waals surface area (Å²) in [7, 11) is 0. The molecular formula is C19H20Cl2N4O4S. The van der Waals surface area contributed by atoms with E-state index in [0.29, 0.717) is 33.5 Å². The zero-order valence-electron chi connectivity index (χ0n) is 15.8. The summed E-state index contributed by atoms with van der Waals surface area (Å²) in [6.45, 7) is 0.747. The van der Waals surface area contributed by atoms with Crippen LogP contribution in [-0.4, -0.2) is 42.1 Å². The van der Waals surface area contributed by atoms with E-state index in [9.17, 15) is 14.4 Å². The zero-order chi connectivity index (χ0) is 21.8. The lowest BCUT2D eigenvalue weighted by molar-refractivity contribution is 0.0242. The van der Waals surface area contributed by atoms with Gasteiger partial charge in [0, 0.05) is 21.5 Å². The molecule has 0 spiro atoms. The number of ether oxygens (including phenoxy) is 1. The van der Waals surface area contributed by atoms with E-state index in [-0.39, 0.29) is 17.1 Å². The molecular weight excluding hydrogens is 451 g/mol. The molecule has 4 amide bonds. The van der Waals surface area contributed by atoms with Crippen molar-refractivity contribution in [1.29, 1.82) is 0 Å². The van der Waals surface area contributed by atoms with Crippen LogP contribution in [0.15, 0.2) is 24.3 Å². The number of hydrogen-bond acceptors (Lipinski definition) is 5. The topological polar surface area (TPSA) is 128 Å². The Hall–Kier alpha value is -2.49. The van der Waals surface area contributed by atoms with Gasteiger partial charge in [0.2, 0.25) is 0 Å². The molecule has 0 saturated carbocycles. The maximum atomic E-state index is 12.9. The maximum absolute atomic E-state index is 12.9. The Bertz CT molecular complexity index is 961. The van der Waals surface area contributed by atoms with Crippen LogP contribution in [0.2, 0.25) is 10.0 Å². The minimum Gasteiger partial charge on any atom is -0.457 e. The lowest BCUT2D eigenvalue weighted by Crippen LogP contribution is -2.41. The highest BCUT2D eigenvalue weighted by molar-refractivity contribution is 7.20. The molecule has 1 aromatic carbocycles. The van der Waals surface area contributed by atoms with Crippen molar-refractivity contribution in [3.8, 4) is 10.4 Å². The Kier molecular flexibility index (Phi) is 7.06. The molecule has 1 atom stereocenters. The van der Waals surface area contributed by atoms with E-state index in [4.69, 9.17) is 39.4 Å². The fraction of sp³-hybridized carbons (Fsp3) is 0.316. The molecule has 1 aliphatic heterocycles. The van der Waals surface area contributed by atoms with Crippen LogP contribution < -0.4 is 16.8 Å². The summed E-state index contributed by atoms with van der Waals surface area (Å²) >= 11 is 13.3. The number of primary amides is 2. The molecule has 1 fully saturated rings. The van der Waals surface area contributed by atoms with Gasteiger partial charge in [-0.2, -0.15) is 0 Å². The Labute approximate surface area is 187 Å². The molecule has 0 radical (unpaired) electrons. The second-order valence-electron chi connectivity index (χ2n) is 6.81. The van der Waals surface area contributed by atoms with Crippen molar-refractivity contribution in [3.63, 3.8) is 0 Å². The lowest BCUT2D eigenvalue weighted by Gasteiger charge is -2.22. The minimum absolute atomic E-state index is 0.153. The van der Waals surface area contributed by atoms with Crippen molar-refractivity contribution < 1.29 is 19.1 Å². The predicted molar refractivity (Wildman–Crippen MR) is 117 cm³/mol. The van der Waals surface area contributed by atoms with Crippen LogP contribution in [0.25, 0.3) is 10.4 Å². The number of thiophene rings is 1. The molecule has 1 unspecified atom stereocenters. The average Bonchev–Trinajstić information content (AvgIpc) is 2.91. The van der Waals surface area contributed by atoms with Gasteiger partial charge in [-0.05, 0) is 49.1 Å². The number of urea groups is 2. The van der Waals surface area contributed by atoms with Crippen molar-refractivity contribution in [3.05, 3.63) is 39.9 Å². The highest BCUT2D eigenvalue weighted by Crippen LogP contribution is 2.38. The SMILES string of the molecule is NC(=O)Nc1sc(-c2cc(Cl)cc(Cl)c2)cc1C(=O)OC1CCCCN(C(N)=O)C1. The van der Waals surface area contributed by atoms with Crippen molar-refractivity contribution in [2.45, 2.75) is 25.4 Å².